The van der Waals surface area contributed by atoms with E-state index in [1.165, 1.54) is 6.08 Å². The summed E-state index contributed by atoms with van der Waals surface area (Å²) in [5.74, 6) is -0.344. The summed E-state index contributed by atoms with van der Waals surface area (Å²) in [6, 6.07) is 15.4. The summed E-state index contributed by atoms with van der Waals surface area (Å²) >= 11 is 6.01. The molecule has 1 fully saturated rings. The maximum Gasteiger partial charge on any atom is 0.329 e. The quantitative estimate of drug-likeness (QED) is 0.379. The van der Waals surface area contributed by atoms with Crippen molar-refractivity contribution in [3.63, 3.8) is 0 Å². The van der Waals surface area contributed by atoms with Gasteiger partial charge in [0.05, 0.1) is 0 Å². The number of hydrogen-bond acceptors (Lipinski definition) is 2. The van der Waals surface area contributed by atoms with Gasteiger partial charge in [-0.15, -0.1) is 6.58 Å². The summed E-state index contributed by atoms with van der Waals surface area (Å²) in [5.41, 5.74) is 4.39. The Morgan fingerprint density at radius 1 is 1.10 bits per heavy atom. The molecule has 4 rings (SSSR count). The lowest BCUT2D eigenvalue weighted by Gasteiger charge is -2.09. The lowest BCUT2D eigenvalue weighted by molar-refractivity contribution is -0.122. The number of halogens is 1. The van der Waals surface area contributed by atoms with Gasteiger partial charge in [-0.1, -0.05) is 48.0 Å². The molecule has 1 aromatic heterocycles. The molecule has 1 aliphatic heterocycles. The molecule has 0 bridgehead atoms. The van der Waals surface area contributed by atoms with E-state index in [4.69, 9.17) is 11.6 Å². The summed E-state index contributed by atoms with van der Waals surface area (Å²) in [7, 11) is 0. The maximum atomic E-state index is 12.6. The van der Waals surface area contributed by atoms with E-state index in [0.717, 1.165) is 32.6 Å². The molecular formula is C23H20ClN3O2. The molecule has 0 radical (unpaired) electrons. The normalized spacial score (nSPS) is 15.4. The van der Waals surface area contributed by atoms with Crippen molar-refractivity contribution in [1.29, 1.82) is 0 Å². The van der Waals surface area contributed by atoms with E-state index < -0.39 is 6.03 Å². The van der Waals surface area contributed by atoms with Gasteiger partial charge in [-0.25, -0.2) is 4.79 Å². The van der Waals surface area contributed by atoms with Gasteiger partial charge in [0.15, 0.2) is 0 Å². The van der Waals surface area contributed by atoms with Crippen LogP contribution in [-0.2, 0) is 11.3 Å². The first-order valence-corrected chi connectivity index (χ1v) is 9.65. The minimum Gasteiger partial charge on any atom is -0.340 e. The summed E-state index contributed by atoms with van der Waals surface area (Å²) in [6.07, 6.45) is 3.29. The van der Waals surface area contributed by atoms with Crippen molar-refractivity contribution in [3.05, 3.63) is 88.7 Å². The Bertz CT molecular complexity index is 1160. The monoisotopic (exact) mass is 405 g/mol. The molecule has 1 N–H and O–H groups in total. The third-order valence-corrected chi connectivity index (χ3v) is 5.35. The number of benzene rings is 2. The van der Waals surface area contributed by atoms with Crippen LogP contribution in [0.1, 0.15) is 16.8 Å². The minimum absolute atomic E-state index is 0.180. The van der Waals surface area contributed by atoms with Crippen LogP contribution in [0.25, 0.3) is 17.0 Å². The fraction of sp³-hybridized carbons (Fsp3) is 0.130. The van der Waals surface area contributed by atoms with Crippen LogP contribution < -0.4 is 5.32 Å². The van der Waals surface area contributed by atoms with Crippen LogP contribution in [0.15, 0.2) is 66.9 Å². The van der Waals surface area contributed by atoms with E-state index >= 15 is 0 Å². The molecule has 0 aliphatic carbocycles. The van der Waals surface area contributed by atoms with Crippen molar-refractivity contribution >= 4 is 40.5 Å². The van der Waals surface area contributed by atoms with Crippen molar-refractivity contribution in [2.75, 3.05) is 6.54 Å². The predicted octanol–water partition coefficient (Wildman–Crippen LogP) is 4.73. The van der Waals surface area contributed by atoms with Crippen molar-refractivity contribution in [2.24, 2.45) is 0 Å². The highest BCUT2D eigenvalue weighted by atomic mass is 35.5. The van der Waals surface area contributed by atoms with Gasteiger partial charge >= 0.3 is 6.03 Å². The number of hydrogen-bond donors (Lipinski definition) is 1. The van der Waals surface area contributed by atoms with Gasteiger partial charge in [0, 0.05) is 40.3 Å². The van der Waals surface area contributed by atoms with Gasteiger partial charge in [0.1, 0.15) is 5.70 Å². The highest BCUT2D eigenvalue weighted by molar-refractivity contribution is 6.30. The van der Waals surface area contributed by atoms with E-state index in [2.05, 4.69) is 22.5 Å². The smallest absolute Gasteiger partial charge is 0.329 e. The maximum absolute atomic E-state index is 12.6. The highest BCUT2D eigenvalue weighted by Gasteiger charge is 2.32. The molecule has 1 aliphatic rings. The molecule has 3 aromatic rings. The van der Waals surface area contributed by atoms with Crippen LogP contribution in [0.3, 0.4) is 0 Å². The van der Waals surface area contributed by atoms with E-state index in [9.17, 15) is 9.59 Å². The average Bonchev–Trinajstić information content (AvgIpc) is 3.13. The van der Waals surface area contributed by atoms with Gasteiger partial charge < -0.3 is 9.88 Å². The van der Waals surface area contributed by atoms with Crippen molar-refractivity contribution < 1.29 is 9.59 Å². The third-order valence-electron chi connectivity index (χ3n) is 5.10. The van der Waals surface area contributed by atoms with Gasteiger partial charge in [0.2, 0.25) is 0 Å². The van der Waals surface area contributed by atoms with Crippen LogP contribution in [0.4, 0.5) is 4.79 Å². The molecule has 2 heterocycles. The van der Waals surface area contributed by atoms with Crippen LogP contribution in [0, 0.1) is 6.92 Å². The zero-order valence-corrected chi connectivity index (χ0v) is 16.7. The zero-order valence-electron chi connectivity index (χ0n) is 16.0. The second-order valence-electron chi connectivity index (χ2n) is 6.92. The van der Waals surface area contributed by atoms with Gasteiger partial charge in [-0.2, -0.15) is 0 Å². The number of nitrogens with one attached hydrogen (secondary N) is 1. The Labute approximate surface area is 173 Å². The third kappa shape index (κ3) is 3.45. The average molecular weight is 406 g/mol. The second-order valence-corrected chi connectivity index (χ2v) is 7.36. The first-order valence-electron chi connectivity index (χ1n) is 9.27. The molecule has 0 spiro atoms. The van der Waals surface area contributed by atoms with Crippen molar-refractivity contribution in [3.8, 4) is 0 Å². The predicted molar refractivity (Wildman–Crippen MR) is 116 cm³/mol. The molecule has 1 saturated heterocycles. The highest BCUT2D eigenvalue weighted by Crippen LogP contribution is 2.29. The molecule has 3 amide bonds. The van der Waals surface area contributed by atoms with E-state index in [0.29, 0.717) is 11.6 Å². The lowest BCUT2D eigenvalue weighted by atomic mass is 10.1. The summed E-state index contributed by atoms with van der Waals surface area (Å²) in [4.78, 5) is 25.8. The first-order chi connectivity index (χ1) is 14.0. The molecule has 5 nitrogen and oxygen atoms in total. The standard InChI is InChI=1S/C23H20ClN3O2/c1-3-12-26-22(28)20(25-23(26)29)13-19-15(2)27(21-7-5-4-6-18(19)21)14-16-8-10-17(24)11-9-16/h3-11,13H,1,12,14H2,2H3,(H,25,29)/b20-13+. The molecular weight excluding hydrogens is 386 g/mol. The summed E-state index contributed by atoms with van der Waals surface area (Å²) < 4.78 is 2.20. The van der Waals surface area contributed by atoms with Crippen molar-refractivity contribution in [1.82, 2.24) is 14.8 Å². The SMILES string of the molecule is C=CCN1C(=O)N/C(=C/c2c(C)n(Cc3ccc(Cl)cc3)c3ccccc23)C1=O. The van der Waals surface area contributed by atoms with Crippen LogP contribution in [0.5, 0.6) is 0 Å². The lowest BCUT2D eigenvalue weighted by Crippen LogP contribution is -2.30. The molecule has 0 saturated carbocycles. The van der Waals surface area contributed by atoms with E-state index in [1.54, 1.807) is 6.08 Å². The van der Waals surface area contributed by atoms with Gasteiger partial charge in [-0.05, 0) is 36.8 Å². The number of imide groups is 1. The minimum atomic E-state index is -0.427. The largest absolute Gasteiger partial charge is 0.340 e. The summed E-state index contributed by atoms with van der Waals surface area (Å²) in [6.45, 7) is 6.48. The number of amides is 3. The Hall–Kier alpha value is -3.31. The number of para-hydroxylation sites is 1. The van der Waals surface area contributed by atoms with Crippen LogP contribution in [0.2, 0.25) is 5.02 Å². The van der Waals surface area contributed by atoms with E-state index in [1.807, 2.05) is 49.4 Å². The Morgan fingerprint density at radius 3 is 2.55 bits per heavy atom. The number of carbonyl (C=O) groups excluding carboxylic acids is 2. The topological polar surface area (TPSA) is 54.3 Å². The molecule has 6 heteroatoms. The summed E-state index contributed by atoms with van der Waals surface area (Å²) in [5, 5.41) is 4.40. The number of rotatable bonds is 5. The Kier molecular flexibility index (Phi) is 4.99. The van der Waals surface area contributed by atoms with Crippen LogP contribution >= 0.6 is 11.6 Å². The van der Waals surface area contributed by atoms with Gasteiger partial charge in [-0.3, -0.25) is 9.69 Å². The van der Waals surface area contributed by atoms with Crippen LogP contribution in [-0.4, -0.2) is 28.0 Å². The number of urea groups is 1. The Balaban J connectivity index is 1.79. The van der Waals surface area contributed by atoms with Crippen molar-refractivity contribution in [2.45, 2.75) is 13.5 Å². The first kappa shape index (κ1) is 19.0. The molecule has 0 atom stereocenters. The number of aromatic nitrogens is 1. The molecule has 2 aromatic carbocycles. The van der Waals surface area contributed by atoms with E-state index in [-0.39, 0.29) is 18.1 Å². The number of nitrogens with zero attached hydrogens (tertiary/aromatic N) is 2. The number of carbonyl (C=O) groups is 2. The fourth-order valence-corrected chi connectivity index (χ4v) is 3.75. The zero-order chi connectivity index (χ0) is 20.5. The molecule has 0 unspecified atom stereocenters. The molecule has 29 heavy (non-hydrogen) atoms. The Morgan fingerprint density at radius 2 is 1.83 bits per heavy atom. The molecule has 146 valence electrons. The number of fused-ring (bicyclic) bond motifs is 1. The van der Waals surface area contributed by atoms with Gasteiger partial charge in [0.25, 0.3) is 5.91 Å². The second kappa shape index (κ2) is 7.60. The fourth-order valence-electron chi connectivity index (χ4n) is 3.63.